The van der Waals surface area contributed by atoms with Gasteiger partial charge in [0.05, 0.1) is 16.6 Å². The van der Waals surface area contributed by atoms with Crippen LogP contribution >= 0.6 is 11.6 Å². The molecular formula is C13H15ClF2N2O3. The minimum Gasteiger partial charge on any atom is -0.342 e. The lowest BCUT2D eigenvalue weighted by Crippen LogP contribution is -2.28. The van der Waals surface area contributed by atoms with Gasteiger partial charge in [0, 0.05) is 19.5 Å². The van der Waals surface area contributed by atoms with Gasteiger partial charge in [0.2, 0.25) is 5.82 Å². The molecular weight excluding hydrogens is 306 g/mol. The maximum Gasteiger partial charge on any atom is 0.308 e. The van der Waals surface area contributed by atoms with Crippen molar-refractivity contribution in [2.75, 3.05) is 19.5 Å². The van der Waals surface area contributed by atoms with Crippen molar-refractivity contribution in [1.82, 2.24) is 4.90 Å². The van der Waals surface area contributed by atoms with E-state index in [1.54, 1.807) is 0 Å². The summed E-state index contributed by atoms with van der Waals surface area (Å²) in [5.41, 5.74) is -1.68. The topological polar surface area (TPSA) is 63.5 Å². The van der Waals surface area contributed by atoms with E-state index >= 15 is 0 Å². The second-order valence-electron chi connectivity index (χ2n) is 4.52. The van der Waals surface area contributed by atoms with E-state index in [1.165, 1.54) is 11.9 Å². The number of amides is 1. The molecule has 8 heteroatoms. The van der Waals surface area contributed by atoms with E-state index in [4.69, 9.17) is 11.6 Å². The SMILES string of the molecule is CN(CCCCCCl)C(=O)c1cc(F)cc([N+](=O)[O-])c1F. The van der Waals surface area contributed by atoms with E-state index < -0.39 is 33.7 Å². The van der Waals surface area contributed by atoms with Crippen molar-refractivity contribution >= 4 is 23.2 Å². The number of halogens is 3. The summed E-state index contributed by atoms with van der Waals surface area (Å²) in [6.07, 6.45) is 2.25. The number of rotatable bonds is 7. The van der Waals surface area contributed by atoms with Gasteiger partial charge in [0.1, 0.15) is 5.82 Å². The molecule has 0 aliphatic carbocycles. The first-order valence-electron chi connectivity index (χ1n) is 6.33. The highest BCUT2D eigenvalue weighted by Gasteiger charge is 2.25. The molecule has 1 amide bonds. The third-order valence-electron chi connectivity index (χ3n) is 2.92. The first-order valence-corrected chi connectivity index (χ1v) is 6.86. The number of nitro benzene ring substituents is 1. The van der Waals surface area contributed by atoms with E-state index in [0.29, 0.717) is 31.0 Å². The van der Waals surface area contributed by atoms with Crippen molar-refractivity contribution in [1.29, 1.82) is 0 Å². The van der Waals surface area contributed by atoms with Crippen LogP contribution in [0, 0.1) is 21.7 Å². The van der Waals surface area contributed by atoms with Crippen molar-refractivity contribution in [3.05, 3.63) is 39.4 Å². The molecule has 0 bridgehead atoms. The van der Waals surface area contributed by atoms with Gasteiger partial charge < -0.3 is 4.90 Å². The van der Waals surface area contributed by atoms with Crippen molar-refractivity contribution in [2.24, 2.45) is 0 Å². The first-order chi connectivity index (χ1) is 9.88. The quantitative estimate of drug-likeness (QED) is 0.335. The van der Waals surface area contributed by atoms with Crippen molar-refractivity contribution in [3.8, 4) is 0 Å². The largest absolute Gasteiger partial charge is 0.342 e. The normalized spacial score (nSPS) is 10.5. The molecule has 1 aromatic rings. The number of unbranched alkanes of at least 4 members (excludes halogenated alkanes) is 2. The highest BCUT2D eigenvalue weighted by Crippen LogP contribution is 2.23. The smallest absolute Gasteiger partial charge is 0.308 e. The highest BCUT2D eigenvalue weighted by atomic mass is 35.5. The summed E-state index contributed by atoms with van der Waals surface area (Å²) in [6, 6.07) is 1.12. The first kappa shape index (κ1) is 17.3. The molecule has 0 spiro atoms. The van der Waals surface area contributed by atoms with Gasteiger partial charge in [-0.05, 0) is 18.9 Å². The van der Waals surface area contributed by atoms with Crippen LogP contribution in [-0.2, 0) is 0 Å². The second kappa shape index (κ2) is 7.87. The number of benzene rings is 1. The molecule has 5 nitrogen and oxygen atoms in total. The molecule has 0 radical (unpaired) electrons. The predicted octanol–water partition coefficient (Wildman–Crippen LogP) is 3.35. The molecule has 0 saturated heterocycles. The number of hydrogen-bond donors (Lipinski definition) is 0. The molecule has 116 valence electrons. The van der Waals surface area contributed by atoms with Crippen molar-refractivity contribution < 1.29 is 18.5 Å². The molecule has 0 saturated carbocycles. The predicted molar refractivity (Wildman–Crippen MR) is 74.5 cm³/mol. The summed E-state index contributed by atoms with van der Waals surface area (Å²) in [4.78, 5) is 22.8. The Balaban J connectivity index is 2.89. The number of carbonyl (C=O) groups is 1. The minimum atomic E-state index is -1.32. The summed E-state index contributed by atoms with van der Waals surface area (Å²) in [5, 5.41) is 10.6. The Morgan fingerprint density at radius 1 is 1.33 bits per heavy atom. The van der Waals surface area contributed by atoms with Gasteiger partial charge >= 0.3 is 5.69 Å². The maximum absolute atomic E-state index is 13.9. The van der Waals surface area contributed by atoms with E-state index in [2.05, 4.69) is 0 Å². The fourth-order valence-corrected chi connectivity index (χ4v) is 1.98. The number of nitrogens with zero attached hydrogens (tertiary/aromatic N) is 2. The van der Waals surface area contributed by atoms with Crippen LogP contribution in [0.4, 0.5) is 14.5 Å². The number of hydrogen-bond acceptors (Lipinski definition) is 3. The molecule has 0 aromatic heterocycles. The van der Waals surface area contributed by atoms with Crippen LogP contribution in [0.2, 0.25) is 0 Å². The Hall–Kier alpha value is -1.76. The molecule has 0 heterocycles. The Morgan fingerprint density at radius 3 is 2.57 bits per heavy atom. The van der Waals surface area contributed by atoms with Crippen LogP contribution < -0.4 is 0 Å². The fourth-order valence-electron chi connectivity index (χ4n) is 1.79. The Bertz CT molecular complexity index is 540. The van der Waals surface area contributed by atoms with Crippen LogP contribution in [0.15, 0.2) is 12.1 Å². The summed E-state index contributed by atoms with van der Waals surface area (Å²) in [5.74, 6) is -2.62. The van der Waals surface area contributed by atoms with E-state index in [0.717, 1.165) is 12.8 Å². The van der Waals surface area contributed by atoms with Crippen LogP contribution in [0.25, 0.3) is 0 Å². The van der Waals surface area contributed by atoms with Crippen molar-refractivity contribution in [3.63, 3.8) is 0 Å². The Morgan fingerprint density at radius 2 is 2.00 bits per heavy atom. The molecule has 0 aliphatic heterocycles. The Labute approximate surface area is 125 Å². The summed E-state index contributed by atoms with van der Waals surface area (Å²) < 4.78 is 27.2. The van der Waals surface area contributed by atoms with Crippen LogP contribution in [-0.4, -0.2) is 35.2 Å². The highest BCUT2D eigenvalue weighted by molar-refractivity contribution is 6.17. The average Bonchev–Trinajstić information content (AvgIpc) is 2.44. The molecule has 0 fully saturated rings. The lowest BCUT2D eigenvalue weighted by atomic mass is 10.1. The lowest BCUT2D eigenvalue weighted by Gasteiger charge is -2.17. The maximum atomic E-state index is 13.9. The van der Waals surface area contributed by atoms with Crippen LogP contribution in [0.5, 0.6) is 0 Å². The zero-order valence-electron chi connectivity index (χ0n) is 11.4. The van der Waals surface area contributed by atoms with Gasteiger partial charge in [0.25, 0.3) is 5.91 Å². The standard InChI is InChI=1S/C13H15ClF2N2O3/c1-17(6-4-2-3-5-14)13(19)10-7-9(15)8-11(12(10)16)18(20)21/h7-8H,2-6H2,1H3. The van der Waals surface area contributed by atoms with Gasteiger partial charge in [-0.2, -0.15) is 4.39 Å². The second-order valence-corrected chi connectivity index (χ2v) is 4.90. The summed E-state index contributed by atoms with van der Waals surface area (Å²) in [6.45, 7) is 0.333. The number of alkyl halides is 1. The molecule has 0 atom stereocenters. The molecule has 1 rings (SSSR count). The zero-order chi connectivity index (χ0) is 16.0. The lowest BCUT2D eigenvalue weighted by molar-refractivity contribution is -0.387. The number of nitro groups is 1. The van der Waals surface area contributed by atoms with Crippen molar-refractivity contribution in [2.45, 2.75) is 19.3 Å². The fraction of sp³-hybridized carbons (Fsp3) is 0.462. The molecule has 0 unspecified atom stereocenters. The van der Waals surface area contributed by atoms with Gasteiger partial charge in [-0.1, -0.05) is 6.42 Å². The third kappa shape index (κ3) is 4.63. The zero-order valence-corrected chi connectivity index (χ0v) is 12.2. The summed E-state index contributed by atoms with van der Waals surface area (Å²) >= 11 is 5.52. The third-order valence-corrected chi connectivity index (χ3v) is 3.19. The number of carbonyl (C=O) groups excluding carboxylic acids is 1. The van der Waals surface area contributed by atoms with Gasteiger partial charge in [0.15, 0.2) is 0 Å². The van der Waals surface area contributed by atoms with E-state index in [1.807, 2.05) is 0 Å². The van der Waals surface area contributed by atoms with Gasteiger partial charge in [-0.3, -0.25) is 14.9 Å². The average molecular weight is 321 g/mol. The molecule has 21 heavy (non-hydrogen) atoms. The molecule has 0 N–H and O–H groups in total. The summed E-state index contributed by atoms with van der Waals surface area (Å²) in [7, 11) is 1.43. The molecule has 0 aliphatic rings. The Kier molecular flexibility index (Phi) is 6.48. The molecule has 1 aromatic carbocycles. The van der Waals surface area contributed by atoms with E-state index in [-0.39, 0.29) is 0 Å². The van der Waals surface area contributed by atoms with Crippen LogP contribution in [0.3, 0.4) is 0 Å². The van der Waals surface area contributed by atoms with Crippen LogP contribution in [0.1, 0.15) is 29.6 Å². The van der Waals surface area contributed by atoms with Gasteiger partial charge in [-0.15, -0.1) is 11.6 Å². The monoisotopic (exact) mass is 320 g/mol. The minimum absolute atomic E-state index is 0.333. The van der Waals surface area contributed by atoms with E-state index in [9.17, 15) is 23.7 Å². The van der Waals surface area contributed by atoms with Gasteiger partial charge in [-0.25, -0.2) is 4.39 Å².